The largest absolute Gasteiger partial charge is 0.399 e. The van der Waals surface area contributed by atoms with Crippen molar-refractivity contribution in [3.8, 4) is 0 Å². The van der Waals surface area contributed by atoms with Crippen molar-refractivity contribution in [2.45, 2.75) is 26.3 Å². The first-order valence-corrected chi connectivity index (χ1v) is 6.99. The van der Waals surface area contributed by atoms with Crippen LogP contribution in [0.25, 0.3) is 0 Å². The van der Waals surface area contributed by atoms with Gasteiger partial charge in [0.2, 0.25) is 5.91 Å². The first-order valence-electron chi connectivity index (χ1n) is 6.99. The van der Waals surface area contributed by atoms with Gasteiger partial charge in [0, 0.05) is 23.4 Å². The lowest BCUT2D eigenvalue weighted by atomic mass is 9.99. The Labute approximate surface area is 123 Å². The van der Waals surface area contributed by atoms with Crippen LogP contribution in [0.2, 0.25) is 0 Å². The van der Waals surface area contributed by atoms with Crippen molar-refractivity contribution in [2.75, 3.05) is 10.6 Å². The zero-order valence-corrected chi connectivity index (χ0v) is 11.9. The molecule has 2 N–H and O–H groups in total. The number of hydrogen-bond acceptors (Lipinski definition) is 2. The summed E-state index contributed by atoms with van der Waals surface area (Å²) in [4.78, 5) is 13.9. The molecule has 1 amide bonds. The molecule has 0 bridgehead atoms. The number of nitrogens with zero attached hydrogens (tertiary/aromatic N) is 1. The molecule has 0 spiro atoms. The van der Waals surface area contributed by atoms with Crippen LogP contribution in [0.5, 0.6) is 0 Å². The highest BCUT2D eigenvalue weighted by Crippen LogP contribution is 2.31. The number of nitrogen functional groups attached to an aromatic ring is 1. The summed E-state index contributed by atoms with van der Waals surface area (Å²) in [5.41, 5.74) is 9.49. The fourth-order valence-corrected chi connectivity index (χ4v) is 2.75. The molecule has 3 rings (SSSR count). The zero-order valence-electron chi connectivity index (χ0n) is 11.9. The monoisotopic (exact) mass is 284 g/mol. The Hall–Kier alpha value is -2.36. The number of aryl methyl sites for hydroxylation is 2. The average molecular weight is 284 g/mol. The van der Waals surface area contributed by atoms with Gasteiger partial charge in [0.25, 0.3) is 0 Å². The SMILES string of the molecule is Cc1cccc(CN2C(=O)CCc3cc(N)ccc32)c1F. The summed E-state index contributed by atoms with van der Waals surface area (Å²) in [5, 5.41) is 0. The number of amides is 1. The van der Waals surface area contributed by atoms with Crippen LogP contribution in [0.3, 0.4) is 0 Å². The Morgan fingerprint density at radius 3 is 2.86 bits per heavy atom. The summed E-state index contributed by atoms with van der Waals surface area (Å²) >= 11 is 0. The van der Waals surface area contributed by atoms with Gasteiger partial charge in [-0.2, -0.15) is 0 Å². The number of nitrogens with two attached hydrogens (primary N) is 1. The molecule has 0 aliphatic carbocycles. The number of hydrogen-bond donors (Lipinski definition) is 1. The average Bonchev–Trinajstić information content (AvgIpc) is 2.46. The highest BCUT2D eigenvalue weighted by molar-refractivity contribution is 5.96. The summed E-state index contributed by atoms with van der Waals surface area (Å²) in [7, 11) is 0. The minimum absolute atomic E-state index is 0.0215. The minimum Gasteiger partial charge on any atom is -0.399 e. The van der Waals surface area contributed by atoms with Crippen molar-refractivity contribution in [3.05, 3.63) is 58.9 Å². The minimum atomic E-state index is -0.243. The molecule has 0 unspecified atom stereocenters. The van der Waals surface area contributed by atoms with Crippen molar-refractivity contribution >= 4 is 17.3 Å². The molecular formula is C17H17FN2O. The first-order chi connectivity index (χ1) is 10.1. The van der Waals surface area contributed by atoms with Gasteiger partial charge >= 0.3 is 0 Å². The second-order valence-electron chi connectivity index (χ2n) is 5.42. The number of carbonyl (C=O) groups excluding carboxylic acids is 1. The molecular weight excluding hydrogens is 267 g/mol. The molecule has 4 heteroatoms. The number of halogens is 1. The standard InChI is InChI=1S/C17H17FN2O/c1-11-3-2-4-13(17(11)18)10-20-15-7-6-14(19)9-12(15)5-8-16(20)21/h2-4,6-7,9H,5,8,10,19H2,1H3. The van der Waals surface area contributed by atoms with Crippen molar-refractivity contribution in [1.82, 2.24) is 0 Å². The molecule has 0 atom stereocenters. The van der Waals surface area contributed by atoms with Crippen molar-refractivity contribution in [1.29, 1.82) is 0 Å². The van der Waals surface area contributed by atoms with Crippen molar-refractivity contribution in [2.24, 2.45) is 0 Å². The normalized spacial score (nSPS) is 14.2. The van der Waals surface area contributed by atoms with Crippen LogP contribution in [0.1, 0.15) is 23.1 Å². The number of fused-ring (bicyclic) bond motifs is 1. The van der Waals surface area contributed by atoms with Gasteiger partial charge in [-0.15, -0.1) is 0 Å². The fourth-order valence-electron chi connectivity index (χ4n) is 2.75. The Balaban J connectivity index is 1.99. The Morgan fingerprint density at radius 1 is 1.24 bits per heavy atom. The van der Waals surface area contributed by atoms with E-state index in [1.165, 1.54) is 0 Å². The highest BCUT2D eigenvalue weighted by atomic mass is 19.1. The zero-order chi connectivity index (χ0) is 15.0. The van der Waals surface area contributed by atoms with Crippen LogP contribution in [0.4, 0.5) is 15.8 Å². The van der Waals surface area contributed by atoms with Crippen molar-refractivity contribution in [3.63, 3.8) is 0 Å². The molecule has 0 radical (unpaired) electrons. The van der Waals surface area contributed by atoms with E-state index in [1.54, 1.807) is 30.0 Å². The lowest BCUT2D eigenvalue weighted by Crippen LogP contribution is -2.34. The number of rotatable bonds is 2. The van der Waals surface area contributed by atoms with Gasteiger partial charge in [-0.1, -0.05) is 18.2 Å². The lowest BCUT2D eigenvalue weighted by Gasteiger charge is -2.30. The van der Waals surface area contributed by atoms with E-state index in [4.69, 9.17) is 5.73 Å². The van der Waals surface area contributed by atoms with Gasteiger partial charge in [-0.05, 0) is 42.7 Å². The third kappa shape index (κ3) is 2.49. The molecule has 1 heterocycles. The van der Waals surface area contributed by atoms with Gasteiger partial charge in [-0.25, -0.2) is 4.39 Å². The van der Waals surface area contributed by atoms with E-state index in [2.05, 4.69) is 0 Å². The van der Waals surface area contributed by atoms with Crippen LogP contribution >= 0.6 is 0 Å². The quantitative estimate of drug-likeness (QED) is 0.861. The Morgan fingerprint density at radius 2 is 2.05 bits per heavy atom. The van der Waals surface area contributed by atoms with E-state index in [0.29, 0.717) is 29.7 Å². The summed E-state index contributed by atoms with van der Waals surface area (Å²) in [6.07, 6.45) is 1.12. The lowest BCUT2D eigenvalue weighted by molar-refractivity contribution is -0.119. The molecule has 3 nitrogen and oxygen atoms in total. The van der Waals surface area contributed by atoms with Gasteiger partial charge in [0.15, 0.2) is 0 Å². The summed E-state index contributed by atoms with van der Waals surface area (Å²) < 4.78 is 14.2. The predicted octanol–water partition coefficient (Wildman–Crippen LogP) is 3.20. The molecule has 1 aliphatic heterocycles. The maximum absolute atomic E-state index is 14.2. The van der Waals surface area contributed by atoms with Crippen LogP contribution < -0.4 is 10.6 Å². The highest BCUT2D eigenvalue weighted by Gasteiger charge is 2.25. The molecule has 21 heavy (non-hydrogen) atoms. The van der Waals surface area contributed by atoms with E-state index in [9.17, 15) is 9.18 Å². The van der Waals surface area contributed by atoms with Gasteiger partial charge < -0.3 is 10.6 Å². The molecule has 1 aliphatic rings. The summed E-state index contributed by atoms with van der Waals surface area (Å²) in [6, 6.07) is 10.8. The van der Waals surface area contributed by atoms with Gasteiger partial charge in [0.05, 0.1) is 6.54 Å². The maximum Gasteiger partial charge on any atom is 0.227 e. The summed E-state index contributed by atoms with van der Waals surface area (Å²) in [6.45, 7) is 1.98. The first kappa shape index (κ1) is 13.6. The van der Waals surface area contributed by atoms with Crippen molar-refractivity contribution < 1.29 is 9.18 Å². The molecule has 0 aromatic heterocycles. The van der Waals surface area contributed by atoms with E-state index in [0.717, 1.165) is 11.3 Å². The second-order valence-corrected chi connectivity index (χ2v) is 5.42. The van der Waals surface area contributed by atoms with Crippen LogP contribution in [0.15, 0.2) is 36.4 Å². The topological polar surface area (TPSA) is 46.3 Å². The van der Waals surface area contributed by atoms with E-state index in [1.807, 2.05) is 18.2 Å². The summed E-state index contributed by atoms with van der Waals surface area (Å²) in [5.74, 6) is -0.221. The number of carbonyl (C=O) groups is 1. The Kier molecular flexibility index (Phi) is 3.37. The molecule has 2 aromatic carbocycles. The molecule has 0 fully saturated rings. The van der Waals surface area contributed by atoms with Crippen LogP contribution in [-0.4, -0.2) is 5.91 Å². The molecule has 108 valence electrons. The number of anilines is 2. The number of benzene rings is 2. The smallest absolute Gasteiger partial charge is 0.227 e. The van der Waals surface area contributed by atoms with E-state index in [-0.39, 0.29) is 18.3 Å². The van der Waals surface area contributed by atoms with Crippen LogP contribution in [-0.2, 0) is 17.8 Å². The van der Waals surface area contributed by atoms with E-state index >= 15 is 0 Å². The third-order valence-electron chi connectivity index (χ3n) is 3.90. The molecule has 0 saturated carbocycles. The third-order valence-corrected chi connectivity index (χ3v) is 3.90. The van der Waals surface area contributed by atoms with Gasteiger partial charge in [-0.3, -0.25) is 4.79 Å². The predicted molar refractivity (Wildman–Crippen MR) is 81.5 cm³/mol. The molecule has 0 saturated heterocycles. The Bertz CT molecular complexity index is 712. The van der Waals surface area contributed by atoms with E-state index < -0.39 is 0 Å². The van der Waals surface area contributed by atoms with Crippen LogP contribution in [0, 0.1) is 12.7 Å². The fraction of sp³-hybridized carbons (Fsp3) is 0.235. The second kappa shape index (κ2) is 5.20. The van der Waals surface area contributed by atoms with Gasteiger partial charge in [0.1, 0.15) is 5.82 Å². The molecule has 2 aromatic rings. The maximum atomic E-state index is 14.2.